The van der Waals surface area contributed by atoms with Crippen molar-refractivity contribution in [3.8, 4) is 0 Å². The molecule has 1 heterocycles. The van der Waals surface area contributed by atoms with Crippen molar-refractivity contribution in [1.82, 2.24) is 15.1 Å². The van der Waals surface area contributed by atoms with Crippen molar-refractivity contribution in [1.29, 1.82) is 0 Å². The highest BCUT2D eigenvalue weighted by Gasteiger charge is 2.33. The van der Waals surface area contributed by atoms with E-state index >= 15 is 0 Å². The second-order valence-electron chi connectivity index (χ2n) is 11.0. The average Bonchev–Trinajstić information content (AvgIpc) is 3.03. The van der Waals surface area contributed by atoms with Gasteiger partial charge in [-0.15, -0.1) is 0 Å². The second kappa shape index (κ2) is 15.5. The molecular formula is C35H40F3N3O2. The maximum atomic E-state index is 14.0. The normalized spacial score (nSPS) is 14.6. The zero-order valence-corrected chi connectivity index (χ0v) is 24.7. The van der Waals surface area contributed by atoms with E-state index in [0.29, 0.717) is 38.2 Å². The molecule has 1 aliphatic rings. The van der Waals surface area contributed by atoms with Crippen LogP contribution in [0.15, 0.2) is 84.9 Å². The van der Waals surface area contributed by atoms with Gasteiger partial charge in [-0.3, -0.25) is 9.59 Å². The number of alkyl halides is 3. The summed E-state index contributed by atoms with van der Waals surface area (Å²) < 4.78 is 39.1. The number of halogens is 3. The molecule has 8 heteroatoms. The van der Waals surface area contributed by atoms with Crippen LogP contribution in [0.3, 0.4) is 0 Å². The van der Waals surface area contributed by atoms with Crippen LogP contribution in [0.2, 0.25) is 0 Å². The van der Waals surface area contributed by atoms with Crippen LogP contribution in [0.5, 0.6) is 0 Å². The molecule has 0 unspecified atom stereocenters. The highest BCUT2D eigenvalue weighted by atomic mass is 19.4. The number of carbonyl (C=O) groups is 2. The second-order valence-corrected chi connectivity index (χ2v) is 11.0. The third-order valence-electron chi connectivity index (χ3n) is 7.75. The SMILES string of the molecule is CCCCCc1ccc(CN(C(=O)C=Cc2ccc(C(F)(F)F)cc2)[C@@H](Cc2ccccc2)C(=O)N2CCNCC2)cc1. The predicted octanol–water partition coefficient (Wildman–Crippen LogP) is 6.52. The first-order chi connectivity index (χ1) is 20.7. The number of carbonyl (C=O) groups excluding carboxylic acids is 2. The fourth-order valence-corrected chi connectivity index (χ4v) is 5.24. The largest absolute Gasteiger partial charge is 0.416 e. The molecular weight excluding hydrogens is 551 g/mol. The minimum absolute atomic E-state index is 0.113. The Morgan fingerprint density at radius 1 is 0.884 bits per heavy atom. The van der Waals surface area contributed by atoms with Crippen molar-refractivity contribution in [2.75, 3.05) is 26.2 Å². The van der Waals surface area contributed by atoms with Crippen molar-refractivity contribution >= 4 is 17.9 Å². The summed E-state index contributed by atoms with van der Waals surface area (Å²) in [6, 6.07) is 21.7. The molecule has 0 saturated carbocycles. The lowest BCUT2D eigenvalue weighted by Crippen LogP contribution is -2.55. The minimum atomic E-state index is -4.44. The van der Waals surface area contributed by atoms with Gasteiger partial charge in [0.25, 0.3) is 0 Å². The van der Waals surface area contributed by atoms with Gasteiger partial charge < -0.3 is 15.1 Å². The number of piperazine rings is 1. The smallest absolute Gasteiger partial charge is 0.338 e. The molecule has 2 amide bonds. The van der Waals surface area contributed by atoms with Gasteiger partial charge in [0.05, 0.1) is 5.56 Å². The molecule has 3 aromatic carbocycles. The van der Waals surface area contributed by atoms with Crippen molar-refractivity contribution in [3.63, 3.8) is 0 Å². The number of amides is 2. The van der Waals surface area contributed by atoms with Gasteiger partial charge in [-0.25, -0.2) is 0 Å². The van der Waals surface area contributed by atoms with E-state index in [1.54, 1.807) is 9.80 Å². The van der Waals surface area contributed by atoms with Crippen LogP contribution in [0.4, 0.5) is 13.2 Å². The number of nitrogens with zero attached hydrogens (tertiary/aromatic N) is 2. The molecule has 0 bridgehead atoms. The molecule has 1 N–H and O–H groups in total. The van der Waals surface area contributed by atoms with Crippen LogP contribution in [0.1, 0.15) is 54.0 Å². The zero-order chi connectivity index (χ0) is 30.7. The summed E-state index contributed by atoms with van der Waals surface area (Å²) in [5.41, 5.74) is 2.79. The molecule has 1 aliphatic heterocycles. The topological polar surface area (TPSA) is 52.7 Å². The first-order valence-electron chi connectivity index (χ1n) is 15.0. The summed E-state index contributed by atoms with van der Waals surface area (Å²) in [7, 11) is 0. The van der Waals surface area contributed by atoms with Crippen LogP contribution in [0, 0.1) is 0 Å². The fraction of sp³-hybridized carbons (Fsp3) is 0.371. The number of aryl methyl sites for hydroxylation is 1. The van der Waals surface area contributed by atoms with E-state index in [9.17, 15) is 22.8 Å². The van der Waals surface area contributed by atoms with Crippen LogP contribution >= 0.6 is 0 Å². The predicted molar refractivity (Wildman–Crippen MR) is 164 cm³/mol. The van der Waals surface area contributed by atoms with Gasteiger partial charge >= 0.3 is 6.18 Å². The molecule has 3 aromatic rings. The molecule has 1 saturated heterocycles. The third-order valence-corrected chi connectivity index (χ3v) is 7.75. The molecule has 1 atom stereocenters. The Hall–Kier alpha value is -3.91. The van der Waals surface area contributed by atoms with Crippen molar-refractivity contribution in [2.24, 2.45) is 0 Å². The number of hydrogen-bond acceptors (Lipinski definition) is 3. The number of rotatable bonds is 12. The molecule has 0 spiro atoms. The van der Waals surface area contributed by atoms with Gasteiger partial charge in [-0.05, 0) is 53.3 Å². The monoisotopic (exact) mass is 591 g/mol. The van der Waals surface area contributed by atoms with Crippen LogP contribution in [0.25, 0.3) is 6.08 Å². The van der Waals surface area contributed by atoms with Crippen LogP contribution in [-0.2, 0) is 35.2 Å². The van der Waals surface area contributed by atoms with Crippen molar-refractivity contribution < 1.29 is 22.8 Å². The number of hydrogen-bond donors (Lipinski definition) is 1. The Bertz CT molecular complexity index is 1330. The quantitative estimate of drug-likeness (QED) is 0.193. The first kappa shape index (κ1) is 32.0. The van der Waals surface area contributed by atoms with Gasteiger partial charge in [-0.1, -0.05) is 86.5 Å². The number of unbranched alkanes of at least 4 members (excludes halogenated alkanes) is 2. The number of benzene rings is 3. The summed E-state index contributed by atoms with van der Waals surface area (Å²) in [5.74, 6) is -0.492. The lowest BCUT2D eigenvalue weighted by atomic mass is 10.0. The lowest BCUT2D eigenvalue weighted by molar-refractivity contribution is -0.144. The zero-order valence-electron chi connectivity index (χ0n) is 24.7. The Kier molecular flexibility index (Phi) is 11.6. The molecule has 0 aliphatic carbocycles. The Morgan fingerprint density at radius 2 is 1.53 bits per heavy atom. The lowest BCUT2D eigenvalue weighted by Gasteiger charge is -2.36. The van der Waals surface area contributed by atoms with E-state index in [1.807, 2.05) is 42.5 Å². The van der Waals surface area contributed by atoms with E-state index in [0.717, 1.165) is 42.5 Å². The fourth-order valence-electron chi connectivity index (χ4n) is 5.24. The molecule has 1 fully saturated rings. The van der Waals surface area contributed by atoms with Gasteiger partial charge in [0, 0.05) is 45.2 Å². The van der Waals surface area contributed by atoms with Crippen molar-refractivity contribution in [3.05, 3.63) is 113 Å². The summed E-state index contributed by atoms with van der Waals surface area (Å²) >= 11 is 0. The highest BCUT2D eigenvalue weighted by molar-refractivity contribution is 5.95. The van der Waals surface area contributed by atoms with Gasteiger partial charge in [-0.2, -0.15) is 13.2 Å². The summed E-state index contributed by atoms with van der Waals surface area (Å²) in [4.78, 5) is 31.3. The first-order valence-corrected chi connectivity index (χ1v) is 15.0. The Morgan fingerprint density at radius 3 is 2.16 bits per heavy atom. The molecule has 0 aromatic heterocycles. The summed E-state index contributed by atoms with van der Waals surface area (Å²) in [6.45, 7) is 4.88. The van der Waals surface area contributed by atoms with Crippen LogP contribution < -0.4 is 5.32 Å². The molecule has 0 radical (unpaired) electrons. The van der Waals surface area contributed by atoms with Gasteiger partial charge in [0.2, 0.25) is 11.8 Å². The standard InChI is InChI=1S/C35H40F3N3O2/c1-2-3-5-8-27-11-13-30(14-12-27)26-41(33(42)20-17-28-15-18-31(19-16-28)35(36,37)38)32(25-29-9-6-4-7-10-29)34(43)40-23-21-39-22-24-40/h4,6-7,9-20,32,39H,2-3,5,8,21-26H2,1H3/t32-/m0/s1. The molecule has 4 rings (SSSR count). The Balaban J connectivity index is 1.64. The average molecular weight is 592 g/mol. The Labute approximate surface area is 252 Å². The van der Waals surface area contributed by atoms with E-state index < -0.39 is 17.8 Å². The van der Waals surface area contributed by atoms with E-state index in [2.05, 4.69) is 24.4 Å². The summed E-state index contributed by atoms with van der Waals surface area (Å²) in [6.07, 6.45) is 3.20. The highest BCUT2D eigenvalue weighted by Crippen LogP contribution is 2.29. The maximum Gasteiger partial charge on any atom is 0.416 e. The van der Waals surface area contributed by atoms with Crippen LogP contribution in [-0.4, -0.2) is 53.8 Å². The van der Waals surface area contributed by atoms with E-state index in [4.69, 9.17) is 0 Å². The van der Waals surface area contributed by atoms with Gasteiger partial charge in [0.15, 0.2) is 0 Å². The molecule has 228 valence electrons. The summed E-state index contributed by atoms with van der Waals surface area (Å²) in [5, 5.41) is 3.27. The van der Waals surface area contributed by atoms with Gasteiger partial charge in [0.1, 0.15) is 6.04 Å². The molecule has 43 heavy (non-hydrogen) atoms. The van der Waals surface area contributed by atoms with E-state index in [1.165, 1.54) is 36.3 Å². The van der Waals surface area contributed by atoms with Crippen molar-refractivity contribution in [2.45, 2.75) is 57.8 Å². The molecule has 5 nitrogen and oxygen atoms in total. The third kappa shape index (κ3) is 9.55. The number of nitrogens with one attached hydrogen (secondary N) is 1. The van der Waals surface area contributed by atoms with E-state index in [-0.39, 0.29) is 18.4 Å². The maximum absolute atomic E-state index is 14.0. The minimum Gasteiger partial charge on any atom is -0.338 e.